The Bertz CT molecular complexity index is 391. The molecule has 3 N–H and O–H groups in total. The third kappa shape index (κ3) is 2.45. The van der Waals surface area contributed by atoms with E-state index in [0.717, 1.165) is 37.1 Å². The number of rotatable bonds is 1. The lowest BCUT2D eigenvalue weighted by atomic mass is 9.84. The molecule has 0 bridgehead atoms. The van der Waals surface area contributed by atoms with Crippen molar-refractivity contribution in [2.24, 2.45) is 5.73 Å². The standard InChI is InChI=1S/C11H17N3O/c1-7-6-10(14-11(15)13-7)8-2-4-9(12)5-3-8/h6,8-9H,2-5,12H2,1H3,(H,13,14,15). The predicted molar refractivity (Wildman–Crippen MR) is 58.8 cm³/mol. The highest BCUT2D eigenvalue weighted by Gasteiger charge is 2.21. The SMILES string of the molecule is Cc1cc(C2CCC(N)CC2)nc(=O)[nH]1. The molecule has 1 aliphatic carbocycles. The van der Waals surface area contributed by atoms with Crippen molar-refractivity contribution in [3.63, 3.8) is 0 Å². The number of nitrogens with two attached hydrogens (primary N) is 1. The average Bonchev–Trinajstić information content (AvgIpc) is 2.17. The molecule has 1 aromatic heterocycles. The molecule has 0 spiro atoms. The first-order chi connectivity index (χ1) is 7.15. The van der Waals surface area contributed by atoms with E-state index >= 15 is 0 Å². The summed E-state index contributed by atoms with van der Waals surface area (Å²) in [6, 6.07) is 2.31. The summed E-state index contributed by atoms with van der Waals surface area (Å²) in [5.74, 6) is 0.422. The molecule has 4 nitrogen and oxygen atoms in total. The summed E-state index contributed by atoms with van der Waals surface area (Å²) in [4.78, 5) is 17.9. The second kappa shape index (κ2) is 4.14. The molecule has 1 aromatic rings. The van der Waals surface area contributed by atoms with Crippen molar-refractivity contribution >= 4 is 0 Å². The molecule has 82 valence electrons. The molecule has 0 saturated heterocycles. The van der Waals surface area contributed by atoms with Crippen LogP contribution in [0.25, 0.3) is 0 Å². The molecule has 0 aromatic carbocycles. The number of H-pyrrole nitrogens is 1. The van der Waals surface area contributed by atoms with Crippen LogP contribution in [-0.2, 0) is 0 Å². The lowest BCUT2D eigenvalue weighted by Crippen LogP contribution is -2.27. The van der Waals surface area contributed by atoms with Crippen LogP contribution in [0, 0.1) is 6.92 Å². The van der Waals surface area contributed by atoms with Gasteiger partial charge in [0.1, 0.15) is 0 Å². The fraction of sp³-hybridized carbons (Fsp3) is 0.636. The molecule has 0 amide bonds. The van der Waals surface area contributed by atoms with E-state index in [9.17, 15) is 4.79 Å². The first-order valence-electron chi connectivity index (χ1n) is 5.48. The van der Waals surface area contributed by atoms with Gasteiger partial charge in [-0.1, -0.05) is 0 Å². The van der Waals surface area contributed by atoms with E-state index in [1.807, 2.05) is 13.0 Å². The van der Waals surface area contributed by atoms with Gasteiger partial charge in [-0.3, -0.25) is 0 Å². The lowest BCUT2D eigenvalue weighted by Gasteiger charge is -2.25. The minimum Gasteiger partial charge on any atom is -0.328 e. The normalized spacial score (nSPS) is 26.5. The van der Waals surface area contributed by atoms with Crippen LogP contribution in [0.1, 0.15) is 43.0 Å². The summed E-state index contributed by atoms with van der Waals surface area (Å²) >= 11 is 0. The summed E-state index contributed by atoms with van der Waals surface area (Å²) in [7, 11) is 0. The van der Waals surface area contributed by atoms with Crippen LogP contribution in [0.15, 0.2) is 10.9 Å². The molecule has 15 heavy (non-hydrogen) atoms. The first-order valence-corrected chi connectivity index (χ1v) is 5.48. The second-order valence-corrected chi connectivity index (χ2v) is 4.41. The largest absolute Gasteiger partial charge is 0.345 e. The summed E-state index contributed by atoms with van der Waals surface area (Å²) in [5, 5.41) is 0. The molecule has 1 heterocycles. The molecular weight excluding hydrogens is 190 g/mol. The van der Waals surface area contributed by atoms with Gasteiger partial charge in [-0.25, -0.2) is 4.79 Å². The number of aromatic nitrogens is 2. The minimum absolute atomic E-state index is 0.236. The maximum atomic E-state index is 11.2. The Labute approximate surface area is 88.9 Å². The van der Waals surface area contributed by atoms with E-state index in [0.29, 0.717) is 12.0 Å². The van der Waals surface area contributed by atoms with Crippen LogP contribution in [-0.4, -0.2) is 16.0 Å². The van der Waals surface area contributed by atoms with Gasteiger partial charge in [0.25, 0.3) is 0 Å². The van der Waals surface area contributed by atoms with Crippen molar-refractivity contribution in [2.75, 3.05) is 0 Å². The third-order valence-electron chi connectivity index (χ3n) is 3.09. The van der Waals surface area contributed by atoms with E-state index in [1.54, 1.807) is 0 Å². The van der Waals surface area contributed by atoms with Crippen LogP contribution >= 0.6 is 0 Å². The van der Waals surface area contributed by atoms with Crippen molar-refractivity contribution in [2.45, 2.75) is 44.6 Å². The number of nitrogens with one attached hydrogen (secondary N) is 1. The van der Waals surface area contributed by atoms with Gasteiger partial charge < -0.3 is 10.7 Å². The molecule has 2 rings (SSSR count). The smallest absolute Gasteiger partial charge is 0.328 e. The highest BCUT2D eigenvalue weighted by Crippen LogP contribution is 2.30. The Hall–Kier alpha value is -1.16. The molecule has 0 unspecified atom stereocenters. The Morgan fingerprint density at radius 2 is 2.07 bits per heavy atom. The van der Waals surface area contributed by atoms with Gasteiger partial charge in [0.2, 0.25) is 0 Å². The van der Waals surface area contributed by atoms with Crippen molar-refractivity contribution < 1.29 is 0 Å². The van der Waals surface area contributed by atoms with Crippen molar-refractivity contribution in [1.29, 1.82) is 0 Å². The van der Waals surface area contributed by atoms with Gasteiger partial charge in [-0.2, -0.15) is 4.98 Å². The molecule has 1 saturated carbocycles. The molecule has 0 radical (unpaired) electrons. The van der Waals surface area contributed by atoms with Crippen LogP contribution in [0.2, 0.25) is 0 Å². The van der Waals surface area contributed by atoms with Crippen LogP contribution in [0.3, 0.4) is 0 Å². The van der Waals surface area contributed by atoms with E-state index in [1.165, 1.54) is 0 Å². The van der Waals surface area contributed by atoms with Crippen LogP contribution in [0.5, 0.6) is 0 Å². The van der Waals surface area contributed by atoms with Gasteiger partial charge in [0.15, 0.2) is 0 Å². The molecule has 1 fully saturated rings. The Balaban J connectivity index is 2.19. The zero-order valence-electron chi connectivity index (χ0n) is 8.99. The van der Waals surface area contributed by atoms with Crippen molar-refractivity contribution in [1.82, 2.24) is 9.97 Å². The van der Waals surface area contributed by atoms with Crippen molar-refractivity contribution in [3.05, 3.63) is 27.9 Å². The quantitative estimate of drug-likeness (QED) is 0.723. The van der Waals surface area contributed by atoms with Crippen LogP contribution in [0.4, 0.5) is 0 Å². The van der Waals surface area contributed by atoms with Gasteiger partial charge in [-0.15, -0.1) is 0 Å². The number of aromatic amines is 1. The number of aryl methyl sites for hydroxylation is 1. The van der Waals surface area contributed by atoms with E-state index < -0.39 is 0 Å². The summed E-state index contributed by atoms with van der Waals surface area (Å²) < 4.78 is 0. The summed E-state index contributed by atoms with van der Waals surface area (Å²) in [6.45, 7) is 1.89. The fourth-order valence-corrected chi connectivity index (χ4v) is 2.23. The van der Waals surface area contributed by atoms with E-state index in [2.05, 4.69) is 9.97 Å². The van der Waals surface area contributed by atoms with Crippen LogP contribution < -0.4 is 11.4 Å². The van der Waals surface area contributed by atoms with Gasteiger partial charge in [0, 0.05) is 17.7 Å². The minimum atomic E-state index is -0.236. The predicted octanol–water partition coefficient (Wildman–Crippen LogP) is 1.06. The Kier molecular flexibility index (Phi) is 2.86. The maximum Gasteiger partial charge on any atom is 0.345 e. The van der Waals surface area contributed by atoms with E-state index in [-0.39, 0.29) is 5.69 Å². The molecular formula is C11H17N3O. The Morgan fingerprint density at radius 3 is 2.67 bits per heavy atom. The number of hydrogen-bond acceptors (Lipinski definition) is 3. The lowest BCUT2D eigenvalue weighted by molar-refractivity contribution is 0.389. The molecule has 0 aliphatic heterocycles. The fourth-order valence-electron chi connectivity index (χ4n) is 2.23. The summed E-state index contributed by atoms with van der Waals surface area (Å²) in [5.41, 5.74) is 7.43. The topological polar surface area (TPSA) is 71.8 Å². The third-order valence-corrected chi connectivity index (χ3v) is 3.09. The van der Waals surface area contributed by atoms with Gasteiger partial charge in [0.05, 0.1) is 5.69 Å². The van der Waals surface area contributed by atoms with Crippen molar-refractivity contribution in [3.8, 4) is 0 Å². The zero-order valence-corrected chi connectivity index (χ0v) is 8.99. The molecule has 0 atom stereocenters. The average molecular weight is 207 g/mol. The maximum absolute atomic E-state index is 11.2. The number of hydrogen-bond donors (Lipinski definition) is 2. The summed E-state index contributed by atoms with van der Waals surface area (Å²) in [6.07, 6.45) is 4.19. The second-order valence-electron chi connectivity index (χ2n) is 4.41. The Morgan fingerprint density at radius 1 is 1.40 bits per heavy atom. The monoisotopic (exact) mass is 207 g/mol. The van der Waals surface area contributed by atoms with E-state index in [4.69, 9.17) is 5.73 Å². The zero-order chi connectivity index (χ0) is 10.8. The first kappa shape index (κ1) is 10.4. The highest BCUT2D eigenvalue weighted by molar-refractivity contribution is 5.12. The van der Waals surface area contributed by atoms with Gasteiger partial charge >= 0.3 is 5.69 Å². The van der Waals surface area contributed by atoms with Gasteiger partial charge in [-0.05, 0) is 38.7 Å². The highest BCUT2D eigenvalue weighted by atomic mass is 16.1. The number of nitrogens with zero attached hydrogens (tertiary/aromatic N) is 1. The molecule has 4 heteroatoms. The molecule has 1 aliphatic rings.